The van der Waals surface area contributed by atoms with E-state index in [2.05, 4.69) is 10.3 Å². The molecule has 19 heavy (non-hydrogen) atoms. The van der Waals surface area contributed by atoms with Crippen molar-refractivity contribution in [2.45, 2.75) is 25.9 Å². The number of carbonyl (C=O) groups is 1. The summed E-state index contributed by atoms with van der Waals surface area (Å²) in [5.74, 6) is -0.466. The Morgan fingerprint density at radius 3 is 2.84 bits per heavy atom. The van der Waals surface area contributed by atoms with Crippen molar-refractivity contribution in [2.75, 3.05) is 6.54 Å². The van der Waals surface area contributed by atoms with Gasteiger partial charge < -0.3 is 14.6 Å². The molecule has 0 radical (unpaired) electrons. The van der Waals surface area contributed by atoms with E-state index in [0.717, 1.165) is 5.56 Å². The summed E-state index contributed by atoms with van der Waals surface area (Å²) in [6.45, 7) is 4.59. The minimum absolute atomic E-state index is 0.0596. The second-order valence-electron chi connectivity index (χ2n) is 5.02. The van der Waals surface area contributed by atoms with Gasteiger partial charge in [0, 0.05) is 12.6 Å². The zero-order valence-corrected chi connectivity index (χ0v) is 10.8. The quantitative estimate of drug-likeness (QED) is 0.861. The second kappa shape index (κ2) is 4.15. The maximum absolute atomic E-state index is 11.8. The molecule has 0 spiro atoms. The van der Waals surface area contributed by atoms with Crippen molar-refractivity contribution in [3.8, 4) is 0 Å². The van der Waals surface area contributed by atoms with Crippen LogP contribution in [0.4, 0.5) is 4.79 Å². The van der Waals surface area contributed by atoms with Gasteiger partial charge in [0.1, 0.15) is 0 Å². The number of nitrogens with zero attached hydrogens (tertiary/aromatic N) is 1. The van der Waals surface area contributed by atoms with Gasteiger partial charge in [-0.25, -0.2) is 9.59 Å². The van der Waals surface area contributed by atoms with Crippen molar-refractivity contribution in [1.82, 2.24) is 15.2 Å². The Hall–Kier alpha value is -2.24. The third-order valence-electron chi connectivity index (χ3n) is 3.41. The van der Waals surface area contributed by atoms with Crippen molar-refractivity contribution in [2.24, 2.45) is 0 Å². The monoisotopic (exact) mass is 261 g/mol. The van der Waals surface area contributed by atoms with Crippen LogP contribution in [-0.2, 0) is 0 Å². The molecule has 0 saturated carbocycles. The van der Waals surface area contributed by atoms with Crippen LogP contribution in [0, 0.1) is 0 Å². The second-order valence-corrected chi connectivity index (χ2v) is 5.02. The van der Waals surface area contributed by atoms with E-state index in [1.807, 2.05) is 19.9 Å². The van der Waals surface area contributed by atoms with E-state index in [4.69, 9.17) is 4.42 Å². The van der Waals surface area contributed by atoms with Crippen LogP contribution in [0.1, 0.15) is 25.5 Å². The number of H-pyrrole nitrogens is 1. The van der Waals surface area contributed by atoms with Crippen LogP contribution in [0.15, 0.2) is 27.4 Å². The zero-order chi connectivity index (χ0) is 13.6. The number of aromatic amines is 1. The average molecular weight is 261 g/mol. The van der Waals surface area contributed by atoms with E-state index < -0.39 is 5.76 Å². The lowest BCUT2D eigenvalue weighted by molar-refractivity contribution is 0.206. The zero-order valence-electron chi connectivity index (χ0n) is 10.8. The molecule has 1 saturated heterocycles. The summed E-state index contributed by atoms with van der Waals surface area (Å²) < 4.78 is 5.03. The Morgan fingerprint density at radius 1 is 1.37 bits per heavy atom. The van der Waals surface area contributed by atoms with Gasteiger partial charge in [0.25, 0.3) is 0 Å². The number of amides is 2. The van der Waals surface area contributed by atoms with Gasteiger partial charge in [-0.05, 0) is 31.5 Å². The molecular formula is C13H15N3O3. The maximum atomic E-state index is 11.8. The van der Waals surface area contributed by atoms with Gasteiger partial charge >= 0.3 is 11.8 Å². The summed E-state index contributed by atoms with van der Waals surface area (Å²) in [6, 6.07) is 5.51. The van der Waals surface area contributed by atoms with E-state index in [9.17, 15) is 9.59 Å². The summed E-state index contributed by atoms with van der Waals surface area (Å²) in [5, 5.41) is 2.93. The van der Waals surface area contributed by atoms with Crippen LogP contribution in [0.3, 0.4) is 0 Å². The number of benzene rings is 1. The lowest BCUT2D eigenvalue weighted by atomic mass is 10.1. The molecule has 2 heterocycles. The highest BCUT2D eigenvalue weighted by Gasteiger charge is 2.31. The van der Waals surface area contributed by atoms with Gasteiger partial charge in [0.15, 0.2) is 5.58 Å². The van der Waals surface area contributed by atoms with Gasteiger partial charge in [-0.15, -0.1) is 0 Å². The highest BCUT2D eigenvalue weighted by molar-refractivity contribution is 5.78. The smallest absolute Gasteiger partial charge is 0.408 e. The summed E-state index contributed by atoms with van der Waals surface area (Å²) in [6.07, 6.45) is 0. The number of nitrogens with one attached hydrogen (secondary N) is 2. The van der Waals surface area contributed by atoms with Crippen LogP contribution < -0.4 is 11.1 Å². The molecular weight excluding hydrogens is 246 g/mol. The van der Waals surface area contributed by atoms with Crippen molar-refractivity contribution in [3.63, 3.8) is 0 Å². The minimum Gasteiger partial charge on any atom is -0.408 e. The van der Waals surface area contributed by atoms with Crippen molar-refractivity contribution >= 4 is 17.1 Å². The number of hydrogen-bond donors (Lipinski definition) is 2. The van der Waals surface area contributed by atoms with Crippen molar-refractivity contribution in [1.29, 1.82) is 0 Å². The molecule has 2 aromatic rings. The minimum atomic E-state index is -0.466. The molecule has 1 aromatic heterocycles. The Kier molecular flexibility index (Phi) is 2.58. The average Bonchev–Trinajstić information content (AvgIpc) is 2.89. The predicted octanol–water partition coefficient (Wildman–Crippen LogP) is 1.60. The first kappa shape index (κ1) is 11.8. The molecule has 6 heteroatoms. The fraction of sp³-hybridized carbons (Fsp3) is 0.385. The summed E-state index contributed by atoms with van der Waals surface area (Å²) >= 11 is 0. The Bertz CT molecular complexity index is 686. The van der Waals surface area contributed by atoms with Gasteiger partial charge in [-0.2, -0.15) is 0 Å². The number of hydrogen-bond acceptors (Lipinski definition) is 3. The molecule has 1 fully saturated rings. The number of carbonyl (C=O) groups excluding carboxylic acids is 1. The Balaban J connectivity index is 1.92. The Morgan fingerprint density at radius 2 is 2.16 bits per heavy atom. The van der Waals surface area contributed by atoms with Crippen molar-refractivity contribution in [3.05, 3.63) is 34.3 Å². The van der Waals surface area contributed by atoms with Crippen LogP contribution >= 0.6 is 0 Å². The third kappa shape index (κ3) is 1.99. The van der Waals surface area contributed by atoms with E-state index in [1.165, 1.54) is 0 Å². The molecule has 1 aromatic carbocycles. The molecule has 0 bridgehead atoms. The normalized spacial score (nSPS) is 19.4. The largest absolute Gasteiger partial charge is 0.417 e. The molecule has 100 valence electrons. The molecule has 0 aliphatic carbocycles. The first-order valence-corrected chi connectivity index (χ1v) is 6.24. The van der Waals surface area contributed by atoms with Gasteiger partial charge in [0.05, 0.1) is 11.6 Å². The first-order chi connectivity index (χ1) is 9.04. The number of aromatic nitrogens is 1. The van der Waals surface area contributed by atoms with E-state index in [-0.39, 0.29) is 18.1 Å². The van der Waals surface area contributed by atoms with E-state index in [1.54, 1.807) is 17.0 Å². The molecule has 2 amide bonds. The highest BCUT2D eigenvalue weighted by Crippen LogP contribution is 2.24. The summed E-state index contributed by atoms with van der Waals surface area (Å²) in [4.78, 5) is 27.3. The predicted molar refractivity (Wildman–Crippen MR) is 69.9 cm³/mol. The number of rotatable bonds is 2. The van der Waals surface area contributed by atoms with Crippen LogP contribution in [0.25, 0.3) is 11.1 Å². The SMILES string of the molecule is CC(C)N1CC(c2ccc3[nH]c(=O)oc3c2)NC1=O. The Labute approximate surface area is 109 Å². The molecule has 1 atom stereocenters. The molecule has 6 nitrogen and oxygen atoms in total. The van der Waals surface area contributed by atoms with Crippen LogP contribution in [0.5, 0.6) is 0 Å². The fourth-order valence-electron chi connectivity index (χ4n) is 2.37. The standard InChI is InChI=1S/C13H15N3O3/c1-7(2)16-6-10(14-12(16)17)8-3-4-9-11(5-8)19-13(18)15-9/h3-5,7,10H,6H2,1-2H3,(H,14,17)(H,15,18). The first-order valence-electron chi connectivity index (χ1n) is 6.24. The van der Waals surface area contributed by atoms with Gasteiger partial charge in [0.2, 0.25) is 0 Å². The summed E-state index contributed by atoms with van der Waals surface area (Å²) in [5.41, 5.74) is 2.12. The van der Waals surface area contributed by atoms with Crippen LogP contribution in [0.2, 0.25) is 0 Å². The number of urea groups is 1. The third-order valence-corrected chi connectivity index (χ3v) is 3.41. The number of oxazole rings is 1. The highest BCUT2D eigenvalue weighted by atomic mass is 16.4. The van der Waals surface area contributed by atoms with Crippen molar-refractivity contribution < 1.29 is 9.21 Å². The molecule has 1 aliphatic heterocycles. The lowest BCUT2D eigenvalue weighted by Crippen LogP contribution is -2.33. The van der Waals surface area contributed by atoms with Gasteiger partial charge in [-0.1, -0.05) is 6.07 Å². The molecule has 1 aliphatic rings. The molecule has 1 unspecified atom stereocenters. The lowest BCUT2D eigenvalue weighted by Gasteiger charge is -2.18. The molecule has 2 N–H and O–H groups in total. The molecule has 3 rings (SSSR count). The fourth-order valence-corrected chi connectivity index (χ4v) is 2.37. The van der Waals surface area contributed by atoms with E-state index in [0.29, 0.717) is 17.6 Å². The van der Waals surface area contributed by atoms with Gasteiger partial charge in [-0.3, -0.25) is 4.98 Å². The maximum Gasteiger partial charge on any atom is 0.417 e. The topological polar surface area (TPSA) is 78.3 Å². The van der Waals surface area contributed by atoms with E-state index >= 15 is 0 Å². The summed E-state index contributed by atoms with van der Waals surface area (Å²) in [7, 11) is 0. The number of fused-ring (bicyclic) bond motifs is 1. The van der Waals surface area contributed by atoms with Crippen LogP contribution in [-0.4, -0.2) is 28.5 Å².